The molecule has 0 N–H and O–H groups in total. The van der Waals surface area contributed by atoms with Gasteiger partial charge in [-0.3, -0.25) is 4.79 Å². The Morgan fingerprint density at radius 2 is 1.79 bits per heavy atom. The summed E-state index contributed by atoms with van der Waals surface area (Å²) < 4.78 is 0. The number of carbonyl (C=O) groups is 1. The highest BCUT2D eigenvalue weighted by Crippen LogP contribution is 2.27. The van der Waals surface area contributed by atoms with Gasteiger partial charge in [-0.25, -0.2) is 0 Å². The molecule has 0 aliphatic heterocycles. The van der Waals surface area contributed by atoms with Gasteiger partial charge in [-0.05, 0) is 30.9 Å². The summed E-state index contributed by atoms with van der Waals surface area (Å²) in [7, 11) is 0. The topological polar surface area (TPSA) is 40.9 Å². The Balaban J connectivity index is 2.99. The molecular formula is C17H23NO. The molecule has 1 aromatic rings. The van der Waals surface area contributed by atoms with Crippen molar-refractivity contribution >= 4 is 5.78 Å². The summed E-state index contributed by atoms with van der Waals surface area (Å²) >= 11 is 0. The molecule has 0 aliphatic rings. The first-order valence-corrected chi connectivity index (χ1v) is 7.14. The Labute approximate surface area is 116 Å². The van der Waals surface area contributed by atoms with Gasteiger partial charge < -0.3 is 0 Å². The first kappa shape index (κ1) is 15.4. The molecule has 19 heavy (non-hydrogen) atoms. The fraction of sp³-hybridized carbons (Fsp3) is 0.529. The lowest BCUT2D eigenvalue weighted by atomic mass is 9.82. The molecule has 0 aliphatic carbocycles. The highest BCUT2D eigenvalue weighted by Gasteiger charge is 2.27. The molecular weight excluding hydrogens is 234 g/mol. The lowest BCUT2D eigenvalue weighted by molar-refractivity contribution is -0.123. The van der Waals surface area contributed by atoms with E-state index in [0.29, 0.717) is 0 Å². The van der Waals surface area contributed by atoms with Crippen molar-refractivity contribution in [1.29, 1.82) is 5.26 Å². The molecule has 1 atom stereocenters. The third-order valence-corrected chi connectivity index (χ3v) is 3.59. The summed E-state index contributed by atoms with van der Waals surface area (Å²) in [5, 5.41) is 9.39. The minimum absolute atomic E-state index is 0.0271. The number of hydrogen-bond donors (Lipinski definition) is 0. The fourth-order valence-corrected chi connectivity index (χ4v) is 2.56. The van der Waals surface area contributed by atoms with E-state index in [9.17, 15) is 10.1 Å². The minimum atomic E-state index is -0.607. The number of ketones is 1. The van der Waals surface area contributed by atoms with Crippen LogP contribution in [0.15, 0.2) is 24.3 Å². The van der Waals surface area contributed by atoms with Gasteiger partial charge in [0.2, 0.25) is 0 Å². The fourth-order valence-electron chi connectivity index (χ4n) is 2.56. The van der Waals surface area contributed by atoms with Crippen molar-refractivity contribution in [3.8, 4) is 6.07 Å². The van der Waals surface area contributed by atoms with Gasteiger partial charge in [-0.2, -0.15) is 5.26 Å². The number of hydrogen-bond acceptors (Lipinski definition) is 2. The van der Waals surface area contributed by atoms with Crippen LogP contribution < -0.4 is 0 Å². The average molecular weight is 257 g/mol. The number of aryl methyl sites for hydroxylation is 1. The smallest absolute Gasteiger partial charge is 0.157 e. The lowest BCUT2D eigenvalue weighted by Crippen LogP contribution is -2.22. The van der Waals surface area contributed by atoms with Gasteiger partial charge in [0.05, 0.1) is 6.07 Å². The highest BCUT2D eigenvalue weighted by molar-refractivity contribution is 5.90. The molecule has 0 spiro atoms. The second-order valence-electron chi connectivity index (χ2n) is 5.10. The van der Waals surface area contributed by atoms with Crippen LogP contribution in [0.1, 0.15) is 56.6 Å². The van der Waals surface area contributed by atoms with E-state index in [4.69, 9.17) is 0 Å². The molecule has 2 nitrogen and oxygen atoms in total. The number of nitrogens with zero attached hydrogens (tertiary/aromatic N) is 1. The van der Waals surface area contributed by atoms with Crippen LogP contribution in [0, 0.1) is 24.2 Å². The lowest BCUT2D eigenvalue weighted by Gasteiger charge is -2.18. The summed E-state index contributed by atoms with van der Waals surface area (Å²) in [5.41, 5.74) is 1.89. The maximum atomic E-state index is 12.6. The largest absolute Gasteiger partial charge is 0.298 e. The molecule has 0 bridgehead atoms. The van der Waals surface area contributed by atoms with Gasteiger partial charge in [0.25, 0.3) is 0 Å². The summed E-state index contributed by atoms with van der Waals surface area (Å²) in [6.45, 7) is 6.14. The quantitative estimate of drug-likeness (QED) is 0.727. The van der Waals surface area contributed by atoms with Crippen molar-refractivity contribution in [2.75, 3.05) is 0 Å². The molecule has 0 fully saturated rings. The second kappa shape index (κ2) is 7.74. The Morgan fingerprint density at radius 3 is 2.26 bits per heavy atom. The monoisotopic (exact) mass is 257 g/mol. The van der Waals surface area contributed by atoms with Gasteiger partial charge in [-0.15, -0.1) is 0 Å². The van der Waals surface area contributed by atoms with E-state index in [0.717, 1.165) is 36.8 Å². The number of rotatable bonds is 7. The number of carbonyl (C=O) groups excluding carboxylic acids is 1. The molecule has 102 valence electrons. The van der Waals surface area contributed by atoms with Gasteiger partial charge in [0.1, 0.15) is 5.92 Å². The van der Waals surface area contributed by atoms with Crippen LogP contribution in [0.25, 0.3) is 0 Å². The molecule has 0 amide bonds. The van der Waals surface area contributed by atoms with Crippen LogP contribution in [-0.4, -0.2) is 5.78 Å². The number of benzene rings is 1. The minimum Gasteiger partial charge on any atom is -0.298 e. The third-order valence-electron chi connectivity index (χ3n) is 3.59. The Hall–Kier alpha value is -1.62. The van der Waals surface area contributed by atoms with Crippen LogP contribution >= 0.6 is 0 Å². The van der Waals surface area contributed by atoms with Gasteiger partial charge in [0.15, 0.2) is 5.78 Å². The van der Waals surface area contributed by atoms with Crippen LogP contribution in [0.5, 0.6) is 0 Å². The van der Waals surface area contributed by atoms with Crippen molar-refractivity contribution in [3.05, 3.63) is 35.4 Å². The molecule has 1 rings (SSSR count). The van der Waals surface area contributed by atoms with E-state index in [1.165, 1.54) is 0 Å². The van der Waals surface area contributed by atoms with E-state index in [1.54, 1.807) is 0 Å². The van der Waals surface area contributed by atoms with E-state index in [-0.39, 0.29) is 11.7 Å². The maximum Gasteiger partial charge on any atom is 0.157 e. The predicted octanol–water partition coefficient (Wildman–Crippen LogP) is 4.39. The standard InChI is InChI=1S/C17H23NO/c1-4-8-14(9-5-2)17(19)16(12-18)15-11-7-6-10-13(15)3/h6-7,10-11,14,16H,4-5,8-9H2,1-3H3. The van der Waals surface area contributed by atoms with Gasteiger partial charge in [0, 0.05) is 5.92 Å². The first-order chi connectivity index (χ1) is 9.15. The van der Waals surface area contributed by atoms with Crippen LogP contribution in [-0.2, 0) is 4.79 Å². The van der Waals surface area contributed by atoms with Crippen molar-refractivity contribution < 1.29 is 4.79 Å². The Morgan fingerprint density at radius 1 is 1.21 bits per heavy atom. The molecule has 0 aromatic heterocycles. The van der Waals surface area contributed by atoms with E-state index in [2.05, 4.69) is 19.9 Å². The van der Waals surface area contributed by atoms with Crippen LogP contribution in [0.2, 0.25) is 0 Å². The van der Waals surface area contributed by atoms with E-state index in [1.807, 2.05) is 31.2 Å². The molecule has 2 heteroatoms. The molecule has 1 aromatic carbocycles. The van der Waals surface area contributed by atoms with E-state index >= 15 is 0 Å². The van der Waals surface area contributed by atoms with Crippen molar-refractivity contribution in [2.45, 2.75) is 52.4 Å². The van der Waals surface area contributed by atoms with E-state index < -0.39 is 5.92 Å². The second-order valence-corrected chi connectivity index (χ2v) is 5.10. The predicted molar refractivity (Wildman–Crippen MR) is 77.8 cm³/mol. The molecule has 0 radical (unpaired) electrons. The molecule has 1 unspecified atom stereocenters. The molecule has 0 saturated heterocycles. The van der Waals surface area contributed by atoms with Crippen molar-refractivity contribution in [2.24, 2.45) is 5.92 Å². The van der Waals surface area contributed by atoms with Gasteiger partial charge >= 0.3 is 0 Å². The summed E-state index contributed by atoms with van der Waals surface area (Å²) in [5.74, 6) is -0.482. The average Bonchev–Trinajstić information content (AvgIpc) is 2.41. The van der Waals surface area contributed by atoms with Crippen LogP contribution in [0.3, 0.4) is 0 Å². The third kappa shape index (κ3) is 3.92. The molecule has 0 heterocycles. The van der Waals surface area contributed by atoms with Crippen molar-refractivity contribution in [1.82, 2.24) is 0 Å². The summed E-state index contributed by atoms with van der Waals surface area (Å²) in [6, 6.07) is 9.90. The zero-order valence-electron chi connectivity index (χ0n) is 12.1. The number of Topliss-reactive ketones (excluding diaryl/α,β-unsaturated/α-hetero) is 1. The first-order valence-electron chi connectivity index (χ1n) is 7.14. The normalized spacial score (nSPS) is 12.2. The van der Waals surface area contributed by atoms with Gasteiger partial charge in [-0.1, -0.05) is 51.0 Å². The highest BCUT2D eigenvalue weighted by atomic mass is 16.1. The summed E-state index contributed by atoms with van der Waals surface area (Å²) in [6.07, 6.45) is 3.75. The Bertz CT molecular complexity index is 453. The van der Waals surface area contributed by atoms with Crippen molar-refractivity contribution in [3.63, 3.8) is 0 Å². The maximum absolute atomic E-state index is 12.6. The molecule has 0 saturated carbocycles. The number of nitriles is 1. The summed E-state index contributed by atoms with van der Waals surface area (Å²) in [4.78, 5) is 12.6. The zero-order valence-corrected chi connectivity index (χ0v) is 12.1. The Kier molecular flexibility index (Phi) is 6.29. The SMILES string of the molecule is CCCC(CCC)C(=O)C(C#N)c1ccccc1C. The van der Waals surface area contributed by atoms with Crippen LogP contribution in [0.4, 0.5) is 0 Å². The zero-order chi connectivity index (χ0) is 14.3.